The number of benzene rings is 2. The zero-order valence-electron chi connectivity index (χ0n) is 16.3. The van der Waals surface area contributed by atoms with Gasteiger partial charge >= 0.3 is 0 Å². The Morgan fingerprint density at radius 3 is 1.23 bits per heavy atom. The van der Waals surface area contributed by atoms with Crippen LogP contribution in [-0.4, -0.2) is 29.9 Å². The molecule has 0 aliphatic heterocycles. The van der Waals surface area contributed by atoms with Crippen LogP contribution in [0.4, 0.5) is 0 Å². The van der Waals surface area contributed by atoms with Gasteiger partial charge in [-0.2, -0.15) is 0 Å². The van der Waals surface area contributed by atoms with Crippen molar-refractivity contribution < 1.29 is 0 Å². The first-order chi connectivity index (χ1) is 14.9. The van der Waals surface area contributed by atoms with Crippen molar-refractivity contribution in [2.45, 2.75) is 0 Å². The van der Waals surface area contributed by atoms with Gasteiger partial charge in [-0.25, -0.2) is 9.97 Å². The van der Waals surface area contributed by atoms with Crippen molar-refractivity contribution in [3.63, 3.8) is 0 Å². The van der Waals surface area contributed by atoms with E-state index in [4.69, 9.17) is 0 Å². The summed E-state index contributed by atoms with van der Waals surface area (Å²) >= 11 is 0. The van der Waals surface area contributed by atoms with Crippen LogP contribution < -0.4 is 0 Å². The first-order valence-electron chi connectivity index (χ1n) is 9.38. The van der Waals surface area contributed by atoms with Crippen LogP contribution in [0.15, 0.2) is 123 Å². The van der Waals surface area contributed by atoms with Crippen molar-refractivity contribution >= 4 is 21.8 Å². The summed E-state index contributed by atoms with van der Waals surface area (Å²) in [4.78, 5) is 21.2. The van der Waals surface area contributed by atoms with E-state index in [1.807, 2.05) is 60.9 Å². The topological polar surface area (TPSA) is 83.1 Å². The molecule has 0 unspecified atom stereocenters. The maximum atomic E-state index is 4.18. The van der Waals surface area contributed by atoms with Gasteiger partial charge in [0.1, 0.15) is 0 Å². The molecule has 6 heteroatoms. The summed E-state index contributed by atoms with van der Waals surface area (Å²) in [6, 6.07) is 24.2. The van der Waals surface area contributed by atoms with E-state index >= 15 is 0 Å². The van der Waals surface area contributed by atoms with Gasteiger partial charge in [-0.3, -0.25) is 9.97 Å². The monoisotopic (exact) mass is 394 g/mol. The van der Waals surface area contributed by atoms with E-state index in [-0.39, 0.29) is 0 Å². The molecule has 2 aromatic carbocycles. The SMILES string of the molecule is c1c[nH]cn1.c1c[nH]cn1.c1ccc2ncccc2c1.c1ccc2ncccc2c1. The molecule has 0 saturated heterocycles. The summed E-state index contributed by atoms with van der Waals surface area (Å²) in [7, 11) is 0. The molecule has 0 spiro atoms. The number of aromatic nitrogens is 6. The Bertz CT molecular complexity index is 938. The smallest absolute Gasteiger partial charge is 0.0919 e. The second-order valence-electron chi connectivity index (χ2n) is 5.91. The van der Waals surface area contributed by atoms with Gasteiger partial charge in [0.05, 0.1) is 23.7 Å². The van der Waals surface area contributed by atoms with Crippen LogP contribution in [0, 0.1) is 0 Å². The average molecular weight is 394 g/mol. The molecule has 0 saturated carbocycles. The summed E-state index contributed by atoms with van der Waals surface area (Å²) in [6.07, 6.45) is 13.8. The molecule has 0 aliphatic rings. The lowest BCUT2D eigenvalue weighted by Crippen LogP contribution is -1.73. The second-order valence-corrected chi connectivity index (χ2v) is 5.91. The van der Waals surface area contributed by atoms with Crippen LogP contribution in [0.3, 0.4) is 0 Å². The highest BCUT2D eigenvalue weighted by molar-refractivity contribution is 5.78. The van der Waals surface area contributed by atoms with Gasteiger partial charge in [0.2, 0.25) is 0 Å². The number of aromatic amines is 2. The zero-order chi connectivity index (χ0) is 20.7. The van der Waals surface area contributed by atoms with Crippen LogP contribution >= 0.6 is 0 Å². The zero-order valence-corrected chi connectivity index (χ0v) is 16.3. The van der Waals surface area contributed by atoms with E-state index in [0.29, 0.717) is 0 Å². The molecule has 6 nitrogen and oxygen atoms in total. The number of hydrogen-bond acceptors (Lipinski definition) is 4. The molecule has 0 aliphatic carbocycles. The molecule has 2 N–H and O–H groups in total. The summed E-state index contributed by atoms with van der Waals surface area (Å²) < 4.78 is 0. The molecule has 4 heterocycles. The van der Waals surface area contributed by atoms with Crippen molar-refractivity contribution in [3.05, 3.63) is 123 Å². The van der Waals surface area contributed by atoms with Crippen LogP contribution in [0.2, 0.25) is 0 Å². The Balaban J connectivity index is 0.000000120. The summed E-state index contributed by atoms with van der Waals surface area (Å²) in [5.41, 5.74) is 2.12. The van der Waals surface area contributed by atoms with Crippen LogP contribution in [-0.2, 0) is 0 Å². The fourth-order valence-electron chi connectivity index (χ4n) is 2.46. The average Bonchev–Trinajstić information content (AvgIpc) is 3.59. The van der Waals surface area contributed by atoms with E-state index in [2.05, 4.69) is 54.2 Å². The van der Waals surface area contributed by atoms with E-state index in [0.717, 1.165) is 11.0 Å². The molecule has 0 radical (unpaired) electrons. The van der Waals surface area contributed by atoms with Crippen molar-refractivity contribution in [1.82, 2.24) is 29.9 Å². The fraction of sp³-hybridized carbons (Fsp3) is 0. The van der Waals surface area contributed by atoms with E-state index < -0.39 is 0 Å². The maximum absolute atomic E-state index is 4.18. The third-order valence-electron chi connectivity index (χ3n) is 3.84. The van der Waals surface area contributed by atoms with Gasteiger partial charge in [0, 0.05) is 48.0 Å². The predicted molar refractivity (Wildman–Crippen MR) is 121 cm³/mol. The van der Waals surface area contributed by atoms with Gasteiger partial charge in [-0.05, 0) is 24.3 Å². The normalized spacial score (nSPS) is 9.33. The summed E-state index contributed by atoms with van der Waals surface area (Å²) in [5.74, 6) is 0. The maximum Gasteiger partial charge on any atom is 0.0919 e. The fourth-order valence-corrected chi connectivity index (χ4v) is 2.46. The summed E-state index contributed by atoms with van der Waals surface area (Å²) in [6.45, 7) is 0. The van der Waals surface area contributed by atoms with Crippen molar-refractivity contribution in [2.24, 2.45) is 0 Å². The largest absolute Gasteiger partial charge is 0.351 e. The highest BCUT2D eigenvalue weighted by atomic mass is 14.8. The lowest BCUT2D eigenvalue weighted by Gasteiger charge is -1.91. The lowest BCUT2D eigenvalue weighted by molar-refractivity contribution is 1.31. The predicted octanol–water partition coefficient (Wildman–Crippen LogP) is 5.29. The quantitative estimate of drug-likeness (QED) is 0.367. The van der Waals surface area contributed by atoms with E-state index in [9.17, 15) is 0 Å². The Labute approximate surface area is 174 Å². The van der Waals surface area contributed by atoms with Crippen LogP contribution in [0.1, 0.15) is 0 Å². The number of imidazole rings is 2. The van der Waals surface area contributed by atoms with Gasteiger partial charge in [0.15, 0.2) is 0 Å². The Morgan fingerprint density at radius 1 is 0.467 bits per heavy atom. The number of hydrogen-bond donors (Lipinski definition) is 2. The lowest BCUT2D eigenvalue weighted by atomic mass is 10.2. The van der Waals surface area contributed by atoms with Gasteiger partial charge < -0.3 is 9.97 Å². The Morgan fingerprint density at radius 2 is 0.900 bits per heavy atom. The first-order valence-corrected chi connectivity index (χ1v) is 9.38. The summed E-state index contributed by atoms with van der Waals surface area (Å²) in [5, 5.41) is 2.40. The standard InChI is InChI=1S/2C9H7N.2C3H4N2/c2*1-2-6-9-8(4-1)5-3-7-10-9;2*1-2-5-3-4-1/h2*1-7H;2*1-3H,(H,4,5). The molecule has 4 aromatic heterocycles. The number of fused-ring (bicyclic) bond motifs is 2. The molecular formula is C24H22N6. The Hall–Kier alpha value is -4.32. The van der Waals surface area contributed by atoms with Crippen molar-refractivity contribution in [3.8, 4) is 0 Å². The van der Waals surface area contributed by atoms with Gasteiger partial charge in [-0.15, -0.1) is 0 Å². The van der Waals surface area contributed by atoms with E-state index in [1.165, 1.54) is 10.8 Å². The molecule has 0 fully saturated rings. The molecule has 0 bridgehead atoms. The second kappa shape index (κ2) is 12.2. The Kier molecular flexibility index (Phi) is 8.30. The van der Waals surface area contributed by atoms with Crippen LogP contribution in [0.25, 0.3) is 21.8 Å². The van der Waals surface area contributed by atoms with Gasteiger partial charge in [-0.1, -0.05) is 48.5 Å². The third-order valence-corrected chi connectivity index (χ3v) is 3.84. The number of nitrogens with one attached hydrogen (secondary N) is 2. The third kappa shape index (κ3) is 7.01. The molecule has 0 atom stereocenters. The number of para-hydroxylation sites is 2. The minimum Gasteiger partial charge on any atom is -0.351 e. The number of H-pyrrole nitrogens is 2. The minimum absolute atomic E-state index is 1.06. The molecule has 6 aromatic rings. The number of rotatable bonds is 0. The van der Waals surface area contributed by atoms with Crippen molar-refractivity contribution in [1.29, 1.82) is 0 Å². The highest BCUT2D eigenvalue weighted by Gasteiger charge is 1.87. The number of nitrogens with zero attached hydrogens (tertiary/aromatic N) is 4. The molecule has 0 amide bonds. The highest BCUT2D eigenvalue weighted by Crippen LogP contribution is 2.08. The first kappa shape index (κ1) is 20.4. The minimum atomic E-state index is 1.06. The van der Waals surface area contributed by atoms with Crippen molar-refractivity contribution in [2.75, 3.05) is 0 Å². The number of pyridine rings is 2. The molecule has 30 heavy (non-hydrogen) atoms. The molecule has 6 rings (SSSR count). The van der Waals surface area contributed by atoms with Crippen LogP contribution in [0.5, 0.6) is 0 Å². The van der Waals surface area contributed by atoms with E-state index in [1.54, 1.807) is 37.4 Å². The molecule has 148 valence electrons. The van der Waals surface area contributed by atoms with Gasteiger partial charge in [0.25, 0.3) is 0 Å². The molecular weight excluding hydrogens is 372 g/mol.